The van der Waals surface area contributed by atoms with Gasteiger partial charge in [0.2, 0.25) is 5.91 Å². The van der Waals surface area contributed by atoms with Crippen molar-refractivity contribution in [2.75, 3.05) is 24.6 Å². The predicted octanol–water partition coefficient (Wildman–Crippen LogP) is 6.05. The van der Waals surface area contributed by atoms with Gasteiger partial charge in [0.15, 0.2) is 0 Å². The Morgan fingerprint density at radius 2 is 1.80 bits per heavy atom. The molecule has 4 aromatic rings. The molecule has 2 amide bonds. The molecule has 10 heteroatoms. The van der Waals surface area contributed by atoms with Crippen LogP contribution < -0.4 is 15.0 Å². The van der Waals surface area contributed by atoms with Gasteiger partial charge in [0.05, 0.1) is 25.8 Å². The summed E-state index contributed by atoms with van der Waals surface area (Å²) < 4.78 is 13.1. The summed E-state index contributed by atoms with van der Waals surface area (Å²) in [6.45, 7) is 5.93. The van der Waals surface area contributed by atoms with Crippen LogP contribution in [0.25, 0.3) is 11.1 Å². The molecule has 0 bridgehead atoms. The minimum absolute atomic E-state index is 0.0129. The number of aliphatic carboxylic acids is 1. The first-order valence-corrected chi connectivity index (χ1v) is 15.6. The first-order valence-electron chi connectivity index (χ1n) is 15.6. The van der Waals surface area contributed by atoms with Crippen LogP contribution in [0.2, 0.25) is 0 Å². The maximum absolute atomic E-state index is 13.3. The fourth-order valence-electron chi connectivity index (χ4n) is 5.64. The van der Waals surface area contributed by atoms with Gasteiger partial charge >= 0.3 is 12.1 Å². The van der Waals surface area contributed by atoms with E-state index in [1.54, 1.807) is 0 Å². The quantitative estimate of drug-likeness (QED) is 0.174. The minimum Gasteiger partial charge on any atom is -0.493 e. The maximum atomic E-state index is 13.3. The smallest absolute Gasteiger partial charge is 0.407 e. The molecular weight excluding hydrogens is 584 g/mol. The van der Waals surface area contributed by atoms with Crippen molar-refractivity contribution in [1.29, 1.82) is 0 Å². The molecule has 0 unspecified atom stereocenters. The molecule has 0 atom stereocenters. The summed E-state index contributed by atoms with van der Waals surface area (Å²) in [7, 11) is 0. The van der Waals surface area contributed by atoms with Gasteiger partial charge in [-0.05, 0) is 78.6 Å². The third kappa shape index (κ3) is 8.32. The number of hydrogen-bond donors (Lipinski definition) is 2. The lowest BCUT2D eigenvalue weighted by molar-refractivity contribution is -0.136. The second-order valence-corrected chi connectivity index (χ2v) is 11.5. The van der Waals surface area contributed by atoms with Crippen molar-refractivity contribution in [2.45, 2.75) is 59.1 Å². The minimum atomic E-state index is -0.985. The molecule has 10 nitrogen and oxygen atoms in total. The van der Waals surface area contributed by atoms with Gasteiger partial charge in [-0.15, -0.1) is 0 Å². The number of anilines is 1. The molecule has 46 heavy (non-hydrogen) atoms. The standard InChI is InChI=1S/C36H40N4O6/c1-25-8-3-14-33(26(25)2)45-19-7-15-34(41)40-18-6-12-31-30(11-5-13-32(31)40)29-21-38-39(23-29)22-27-9-4-10-28(20-27)24-46-36(44)37-17-16-35(42)43/h3-5,8-11,13-14,20-21,23H,6-7,12,15-19,22,24H2,1-2H3,(H,37,44)(H,42,43). The van der Waals surface area contributed by atoms with Crippen molar-refractivity contribution in [3.05, 3.63) is 101 Å². The normalized spacial score (nSPS) is 12.3. The summed E-state index contributed by atoms with van der Waals surface area (Å²) in [5.74, 6) is -0.000810. The molecule has 2 heterocycles. The molecular formula is C36H40N4O6. The van der Waals surface area contributed by atoms with E-state index in [0.29, 0.717) is 32.5 Å². The molecule has 0 saturated heterocycles. The summed E-state index contributed by atoms with van der Waals surface area (Å²) >= 11 is 0. The predicted molar refractivity (Wildman–Crippen MR) is 175 cm³/mol. The second-order valence-electron chi connectivity index (χ2n) is 11.5. The molecule has 0 aliphatic carbocycles. The van der Waals surface area contributed by atoms with Gasteiger partial charge in [0.1, 0.15) is 12.4 Å². The number of hydrogen-bond acceptors (Lipinski definition) is 6. The number of carboxylic acid groups (broad SMARTS) is 1. The lowest BCUT2D eigenvalue weighted by Gasteiger charge is -2.31. The Morgan fingerprint density at radius 1 is 1.00 bits per heavy atom. The number of nitrogens with one attached hydrogen (secondary N) is 1. The molecule has 5 rings (SSSR count). The van der Waals surface area contributed by atoms with E-state index >= 15 is 0 Å². The van der Waals surface area contributed by atoms with Gasteiger partial charge in [-0.3, -0.25) is 14.3 Å². The number of benzene rings is 3. The van der Waals surface area contributed by atoms with Crippen LogP contribution in [0.3, 0.4) is 0 Å². The summed E-state index contributed by atoms with van der Waals surface area (Å²) in [6.07, 6.45) is 5.91. The molecule has 0 saturated carbocycles. The van der Waals surface area contributed by atoms with E-state index in [1.165, 1.54) is 5.56 Å². The van der Waals surface area contributed by atoms with Crippen LogP contribution in [0.4, 0.5) is 10.5 Å². The number of nitrogens with zero attached hydrogens (tertiary/aromatic N) is 3. The van der Waals surface area contributed by atoms with Crippen LogP contribution in [-0.4, -0.2) is 52.6 Å². The van der Waals surface area contributed by atoms with Gasteiger partial charge in [-0.1, -0.05) is 48.5 Å². The van der Waals surface area contributed by atoms with E-state index in [9.17, 15) is 14.4 Å². The number of carboxylic acids is 1. The number of alkyl carbamates (subject to hydrolysis) is 1. The highest BCUT2D eigenvalue weighted by Crippen LogP contribution is 2.36. The zero-order valence-corrected chi connectivity index (χ0v) is 26.3. The molecule has 1 aliphatic heterocycles. The molecule has 0 radical (unpaired) electrons. The van der Waals surface area contributed by atoms with E-state index in [0.717, 1.165) is 57.7 Å². The second kappa shape index (κ2) is 15.2. The topological polar surface area (TPSA) is 123 Å². The Kier molecular flexibility index (Phi) is 10.7. The van der Waals surface area contributed by atoms with Crippen molar-refractivity contribution in [2.24, 2.45) is 0 Å². The van der Waals surface area contributed by atoms with Crippen molar-refractivity contribution in [3.8, 4) is 16.9 Å². The molecule has 1 aliphatic rings. The van der Waals surface area contributed by atoms with Crippen LogP contribution in [0, 0.1) is 13.8 Å². The van der Waals surface area contributed by atoms with E-state index < -0.39 is 12.1 Å². The third-order valence-electron chi connectivity index (χ3n) is 8.16. The number of aryl methyl sites for hydroxylation is 1. The number of carbonyl (C=O) groups is 3. The molecule has 240 valence electrons. The highest BCUT2D eigenvalue weighted by molar-refractivity contribution is 5.96. The molecule has 3 aromatic carbocycles. The Morgan fingerprint density at radius 3 is 2.65 bits per heavy atom. The zero-order valence-electron chi connectivity index (χ0n) is 26.3. The summed E-state index contributed by atoms with van der Waals surface area (Å²) in [4.78, 5) is 37.7. The number of fused-ring (bicyclic) bond motifs is 1. The maximum Gasteiger partial charge on any atom is 0.407 e. The molecule has 2 N–H and O–H groups in total. The highest BCUT2D eigenvalue weighted by Gasteiger charge is 2.25. The lowest BCUT2D eigenvalue weighted by Crippen LogP contribution is -2.35. The van der Waals surface area contributed by atoms with Gasteiger partial charge in [-0.25, -0.2) is 4.79 Å². The Labute approximate surface area is 268 Å². The van der Waals surface area contributed by atoms with Crippen molar-refractivity contribution in [3.63, 3.8) is 0 Å². The third-order valence-corrected chi connectivity index (χ3v) is 8.16. The average molecular weight is 625 g/mol. The Bertz CT molecular complexity index is 1700. The Hall–Kier alpha value is -5.12. The van der Waals surface area contributed by atoms with Gasteiger partial charge < -0.3 is 24.8 Å². The molecule has 0 fully saturated rings. The molecule has 1 aromatic heterocycles. The van der Waals surface area contributed by atoms with Crippen LogP contribution >= 0.6 is 0 Å². The fraction of sp³-hybridized carbons (Fsp3) is 0.333. The van der Waals surface area contributed by atoms with Crippen LogP contribution in [-0.2, 0) is 33.9 Å². The first kappa shape index (κ1) is 32.3. The summed E-state index contributed by atoms with van der Waals surface area (Å²) in [6, 6.07) is 19.9. The first-order chi connectivity index (χ1) is 22.3. The van der Waals surface area contributed by atoms with Gasteiger partial charge in [0.25, 0.3) is 0 Å². The monoisotopic (exact) mass is 624 g/mol. The molecule has 0 spiro atoms. The van der Waals surface area contributed by atoms with Crippen LogP contribution in [0.5, 0.6) is 5.75 Å². The van der Waals surface area contributed by atoms with Gasteiger partial charge in [-0.2, -0.15) is 5.10 Å². The van der Waals surface area contributed by atoms with E-state index in [-0.39, 0.29) is 25.5 Å². The number of rotatable bonds is 13. The van der Waals surface area contributed by atoms with E-state index in [4.69, 9.17) is 14.6 Å². The number of carbonyl (C=O) groups excluding carboxylic acids is 2. The Balaban J connectivity index is 1.18. The highest BCUT2D eigenvalue weighted by atomic mass is 16.5. The fourth-order valence-corrected chi connectivity index (χ4v) is 5.64. The van der Waals surface area contributed by atoms with Crippen molar-refractivity contribution >= 4 is 23.7 Å². The van der Waals surface area contributed by atoms with Crippen molar-refractivity contribution in [1.82, 2.24) is 15.1 Å². The lowest BCUT2D eigenvalue weighted by atomic mass is 9.93. The average Bonchev–Trinajstić information content (AvgIpc) is 3.51. The van der Waals surface area contributed by atoms with Crippen LogP contribution in [0.15, 0.2) is 73.1 Å². The zero-order chi connectivity index (χ0) is 32.5. The van der Waals surface area contributed by atoms with Crippen molar-refractivity contribution < 1.29 is 29.0 Å². The van der Waals surface area contributed by atoms with E-state index in [1.807, 2.05) is 70.5 Å². The number of amides is 2. The van der Waals surface area contributed by atoms with Crippen LogP contribution in [0.1, 0.15) is 53.5 Å². The number of aromatic nitrogens is 2. The van der Waals surface area contributed by atoms with Gasteiger partial charge in [0, 0.05) is 37.0 Å². The van der Waals surface area contributed by atoms with E-state index in [2.05, 4.69) is 36.4 Å². The number of ether oxygens (including phenoxy) is 2. The summed E-state index contributed by atoms with van der Waals surface area (Å²) in [5, 5.41) is 15.7. The summed E-state index contributed by atoms with van der Waals surface area (Å²) in [5.41, 5.74) is 8.33. The largest absolute Gasteiger partial charge is 0.493 e. The SMILES string of the molecule is Cc1cccc(OCCCC(=O)N2CCCc3c(-c4cnn(Cc5cccc(COC(=O)NCCC(=O)O)c5)c4)cccc32)c1C.